The number of carboxylic acid groups (broad SMARTS) is 1. The summed E-state index contributed by atoms with van der Waals surface area (Å²) in [4.78, 5) is 22.0. The molecule has 0 atom stereocenters. The molecule has 1 heterocycles. The number of hydrogen-bond acceptors (Lipinski definition) is 2. The van der Waals surface area contributed by atoms with E-state index in [9.17, 15) is 9.59 Å². The lowest BCUT2D eigenvalue weighted by atomic mass is 10.5. The maximum absolute atomic E-state index is 10.7. The summed E-state index contributed by atoms with van der Waals surface area (Å²) >= 11 is 0. The van der Waals surface area contributed by atoms with Gasteiger partial charge in [0.15, 0.2) is 0 Å². The van der Waals surface area contributed by atoms with E-state index in [4.69, 9.17) is 5.11 Å². The molecular formula is C5H8N2O3. The summed E-state index contributed by atoms with van der Waals surface area (Å²) in [6, 6.07) is -0.289. The fourth-order valence-corrected chi connectivity index (χ4v) is 0.825. The Balaban J connectivity index is 2.40. The second-order valence-corrected chi connectivity index (χ2v) is 2.05. The molecule has 0 aromatic heterocycles. The molecule has 0 aliphatic carbocycles. The van der Waals surface area contributed by atoms with Crippen LogP contribution in [0.15, 0.2) is 0 Å². The molecule has 0 unspecified atom stereocenters. The third kappa shape index (κ3) is 1.37. The summed E-state index contributed by atoms with van der Waals surface area (Å²) in [7, 11) is 0. The second kappa shape index (κ2) is 2.55. The lowest BCUT2D eigenvalue weighted by Gasteiger charge is -2.08. The highest BCUT2D eigenvalue weighted by Gasteiger charge is 2.20. The number of aliphatic carboxylic acids is 1. The van der Waals surface area contributed by atoms with Crippen molar-refractivity contribution in [2.45, 2.75) is 0 Å². The van der Waals surface area contributed by atoms with E-state index in [-0.39, 0.29) is 12.6 Å². The molecule has 2 amide bonds. The predicted molar refractivity (Wildman–Crippen MR) is 32.6 cm³/mol. The van der Waals surface area contributed by atoms with Gasteiger partial charge in [0.1, 0.15) is 6.54 Å². The number of carboxylic acids is 1. The van der Waals surface area contributed by atoms with Gasteiger partial charge in [0.2, 0.25) is 0 Å². The third-order valence-electron chi connectivity index (χ3n) is 1.27. The Morgan fingerprint density at radius 2 is 2.50 bits per heavy atom. The molecular weight excluding hydrogens is 136 g/mol. The fraction of sp³-hybridized carbons (Fsp3) is 0.600. The summed E-state index contributed by atoms with van der Waals surface area (Å²) in [5, 5.41) is 10.8. The smallest absolute Gasteiger partial charge is 0.323 e. The highest BCUT2D eigenvalue weighted by Crippen LogP contribution is 1.94. The first-order valence-corrected chi connectivity index (χ1v) is 2.95. The minimum atomic E-state index is -0.975. The monoisotopic (exact) mass is 144 g/mol. The average molecular weight is 144 g/mol. The van der Waals surface area contributed by atoms with Gasteiger partial charge < -0.3 is 15.3 Å². The highest BCUT2D eigenvalue weighted by molar-refractivity contribution is 5.81. The van der Waals surface area contributed by atoms with Crippen molar-refractivity contribution in [3.63, 3.8) is 0 Å². The van der Waals surface area contributed by atoms with Crippen molar-refractivity contribution in [2.75, 3.05) is 19.6 Å². The number of nitrogens with zero attached hydrogens (tertiary/aromatic N) is 1. The standard InChI is InChI=1S/C5H8N2O3/c8-4(9)3-7-2-1-6-5(7)10/h1-3H2,(H,6,10)(H,8,9). The zero-order chi connectivity index (χ0) is 7.56. The van der Waals surface area contributed by atoms with Gasteiger partial charge in [-0.25, -0.2) is 4.79 Å². The van der Waals surface area contributed by atoms with Crippen LogP contribution >= 0.6 is 0 Å². The summed E-state index contributed by atoms with van der Waals surface area (Å²) in [6.45, 7) is 0.836. The molecule has 0 spiro atoms. The molecule has 5 nitrogen and oxygen atoms in total. The van der Waals surface area contributed by atoms with E-state index < -0.39 is 5.97 Å². The molecule has 5 heteroatoms. The summed E-state index contributed by atoms with van der Waals surface area (Å²) in [6.07, 6.45) is 0. The zero-order valence-corrected chi connectivity index (χ0v) is 5.33. The van der Waals surface area contributed by atoms with Crippen molar-refractivity contribution in [2.24, 2.45) is 0 Å². The first-order chi connectivity index (χ1) is 4.70. The van der Waals surface area contributed by atoms with E-state index in [1.807, 2.05) is 0 Å². The lowest BCUT2D eigenvalue weighted by Crippen LogP contribution is -2.32. The Morgan fingerprint density at radius 3 is 2.90 bits per heavy atom. The molecule has 0 aromatic carbocycles. The Hall–Kier alpha value is -1.26. The van der Waals surface area contributed by atoms with Gasteiger partial charge in [0.05, 0.1) is 0 Å². The van der Waals surface area contributed by atoms with E-state index in [0.29, 0.717) is 13.1 Å². The largest absolute Gasteiger partial charge is 0.480 e. The zero-order valence-electron chi connectivity index (χ0n) is 5.33. The highest BCUT2D eigenvalue weighted by atomic mass is 16.4. The molecule has 1 fully saturated rings. The number of carbonyl (C=O) groups excluding carboxylic acids is 1. The third-order valence-corrected chi connectivity index (χ3v) is 1.27. The predicted octanol–water partition coefficient (Wildman–Crippen LogP) is -0.904. The molecule has 10 heavy (non-hydrogen) atoms. The van der Waals surface area contributed by atoms with Gasteiger partial charge >= 0.3 is 12.0 Å². The maximum atomic E-state index is 10.7. The molecule has 1 aliphatic heterocycles. The quantitative estimate of drug-likeness (QED) is 0.527. The van der Waals surface area contributed by atoms with Crippen LogP contribution in [0.2, 0.25) is 0 Å². The molecule has 56 valence electrons. The van der Waals surface area contributed by atoms with Crippen LogP contribution in [-0.4, -0.2) is 41.6 Å². The van der Waals surface area contributed by atoms with Crippen molar-refractivity contribution in [3.8, 4) is 0 Å². The fourth-order valence-electron chi connectivity index (χ4n) is 0.825. The number of rotatable bonds is 2. The van der Waals surface area contributed by atoms with Crippen molar-refractivity contribution >= 4 is 12.0 Å². The SMILES string of the molecule is O=C(O)CN1CCNC1=O. The number of urea groups is 1. The summed E-state index contributed by atoms with van der Waals surface area (Å²) < 4.78 is 0. The number of hydrogen-bond donors (Lipinski definition) is 2. The molecule has 0 aromatic rings. The topological polar surface area (TPSA) is 69.6 Å². The van der Waals surface area contributed by atoms with Crippen LogP contribution in [0, 0.1) is 0 Å². The molecule has 1 aliphatic rings. The molecule has 1 rings (SSSR count). The van der Waals surface area contributed by atoms with E-state index >= 15 is 0 Å². The number of amides is 2. The van der Waals surface area contributed by atoms with E-state index in [1.165, 1.54) is 4.90 Å². The minimum Gasteiger partial charge on any atom is -0.480 e. The van der Waals surface area contributed by atoms with Crippen molar-refractivity contribution < 1.29 is 14.7 Å². The number of nitrogens with one attached hydrogen (secondary N) is 1. The summed E-state index contributed by atoms with van der Waals surface area (Å²) in [5.74, 6) is -0.975. The average Bonchev–Trinajstić information content (AvgIpc) is 2.15. The van der Waals surface area contributed by atoms with Gasteiger partial charge in [0, 0.05) is 13.1 Å². The molecule has 0 radical (unpaired) electrons. The van der Waals surface area contributed by atoms with E-state index in [2.05, 4.69) is 5.32 Å². The van der Waals surface area contributed by atoms with E-state index in [0.717, 1.165) is 0 Å². The van der Waals surface area contributed by atoms with Gasteiger partial charge in [-0.05, 0) is 0 Å². The van der Waals surface area contributed by atoms with E-state index in [1.54, 1.807) is 0 Å². The second-order valence-electron chi connectivity index (χ2n) is 2.05. The van der Waals surface area contributed by atoms with Gasteiger partial charge in [-0.3, -0.25) is 4.79 Å². The Kier molecular flexibility index (Phi) is 1.75. The minimum absolute atomic E-state index is 0.203. The van der Waals surface area contributed by atoms with Gasteiger partial charge in [-0.2, -0.15) is 0 Å². The van der Waals surface area contributed by atoms with Crippen molar-refractivity contribution in [1.82, 2.24) is 10.2 Å². The Labute approximate surface area is 57.6 Å². The first kappa shape index (κ1) is 6.85. The Morgan fingerprint density at radius 1 is 1.80 bits per heavy atom. The van der Waals surface area contributed by atoms with Gasteiger partial charge in [-0.15, -0.1) is 0 Å². The summed E-state index contributed by atoms with van der Waals surface area (Å²) in [5.41, 5.74) is 0. The van der Waals surface area contributed by atoms with Crippen LogP contribution < -0.4 is 5.32 Å². The van der Waals surface area contributed by atoms with Crippen LogP contribution in [0.25, 0.3) is 0 Å². The molecule has 1 saturated heterocycles. The first-order valence-electron chi connectivity index (χ1n) is 2.95. The van der Waals surface area contributed by atoms with Gasteiger partial charge in [0.25, 0.3) is 0 Å². The maximum Gasteiger partial charge on any atom is 0.323 e. The van der Waals surface area contributed by atoms with Crippen molar-refractivity contribution in [3.05, 3.63) is 0 Å². The lowest BCUT2D eigenvalue weighted by molar-refractivity contribution is -0.137. The Bertz CT molecular complexity index is 168. The van der Waals surface area contributed by atoms with Crippen LogP contribution in [0.3, 0.4) is 0 Å². The van der Waals surface area contributed by atoms with Crippen molar-refractivity contribution in [1.29, 1.82) is 0 Å². The molecule has 2 N–H and O–H groups in total. The van der Waals surface area contributed by atoms with Gasteiger partial charge in [-0.1, -0.05) is 0 Å². The molecule has 0 saturated carbocycles. The number of carbonyl (C=O) groups is 2. The molecule has 0 bridgehead atoms. The van der Waals surface area contributed by atoms with Crippen LogP contribution in [-0.2, 0) is 4.79 Å². The van der Waals surface area contributed by atoms with Crippen LogP contribution in [0.4, 0.5) is 4.79 Å². The van der Waals surface area contributed by atoms with Crippen LogP contribution in [0.1, 0.15) is 0 Å². The van der Waals surface area contributed by atoms with Crippen LogP contribution in [0.5, 0.6) is 0 Å². The normalized spacial score (nSPS) is 17.2.